The molecule has 0 unspecified atom stereocenters. The van der Waals surface area contributed by atoms with Crippen LogP contribution in [0.25, 0.3) is 34.0 Å². The number of aromatic nitrogens is 6. The van der Waals surface area contributed by atoms with Crippen molar-refractivity contribution in [1.29, 1.82) is 0 Å². The number of nitrogens with one attached hydrogen (secondary N) is 1. The van der Waals surface area contributed by atoms with E-state index < -0.39 is 0 Å². The second-order valence-corrected chi connectivity index (χ2v) is 4.71. The van der Waals surface area contributed by atoms with E-state index in [9.17, 15) is 4.79 Å². The average molecular weight is 294 g/mol. The van der Waals surface area contributed by atoms with Crippen molar-refractivity contribution in [2.45, 2.75) is 0 Å². The van der Waals surface area contributed by atoms with Crippen molar-refractivity contribution >= 4 is 10.9 Å². The van der Waals surface area contributed by atoms with Crippen molar-refractivity contribution < 1.29 is 4.52 Å². The third-order valence-corrected chi connectivity index (χ3v) is 3.39. The van der Waals surface area contributed by atoms with E-state index in [0.717, 1.165) is 5.39 Å². The minimum Gasteiger partial charge on any atom is -0.335 e. The predicted octanol–water partition coefficient (Wildman–Crippen LogP) is 1.37. The van der Waals surface area contributed by atoms with Gasteiger partial charge >= 0.3 is 0 Å². The molecule has 0 aliphatic rings. The van der Waals surface area contributed by atoms with E-state index in [1.54, 1.807) is 36.4 Å². The molecule has 0 saturated carbocycles. The van der Waals surface area contributed by atoms with Gasteiger partial charge < -0.3 is 14.1 Å². The Morgan fingerprint density at radius 3 is 3.00 bits per heavy atom. The number of hydrogen-bond donors (Lipinski definition) is 1. The number of H-pyrrole nitrogens is 1. The zero-order chi connectivity index (χ0) is 15.1. The van der Waals surface area contributed by atoms with Crippen LogP contribution in [0.4, 0.5) is 0 Å². The Kier molecular flexibility index (Phi) is 2.62. The Labute approximate surface area is 123 Å². The number of nitrogens with zero attached hydrogens (tertiary/aromatic N) is 5. The lowest BCUT2D eigenvalue weighted by molar-refractivity contribution is 0.429. The first-order valence-electron chi connectivity index (χ1n) is 6.51. The zero-order valence-corrected chi connectivity index (χ0v) is 11.5. The summed E-state index contributed by atoms with van der Waals surface area (Å²) >= 11 is 0. The van der Waals surface area contributed by atoms with E-state index in [2.05, 4.69) is 25.1 Å². The van der Waals surface area contributed by atoms with Gasteiger partial charge in [-0.05, 0) is 12.1 Å². The fourth-order valence-electron chi connectivity index (χ4n) is 2.36. The van der Waals surface area contributed by atoms with Crippen molar-refractivity contribution in [3.8, 4) is 23.1 Å². The zero-order valence-electron chi connectivity index (χ0n) is 11.5. The summed E-state index contributed by atoms with van der Waals surface area (Å²) in [5.74, 6) is 0.668. The molecule has 0 spiro atoms. The SMILES string of the molecule is Cn1c(-c2nc(-c3cnccn3)no2)cc2cc[nH]c(=O)c21. The molecule has 0 bridgehead atoms. The van der Waals surface area contributed by atoms with Gasteiger partial charge in [0.2, 0.25) is 5.82 Å². The van der Waals surface area contributed by atoms with Gasteiger partial charge in [-0.25, -0.2) is 4.98 Å². The summed E-state index contributed by atoms with van der Waals surface area (Å²) < 4.78 is 7.02. The number of aromatic amines is 1. The molecule has 0 amide bonds. The van der Waals surface area contributed by atoms with Gasteiger partial charge in [0, 0.05) is 31.0 Å². The summed E-state index contributed by atoms with van der Waals surface area (Å²) in [7, 11) is 1.78. The summed E-state index contributed by atoms with van der Waals surface area (Å²) in [6, 6.07) is 3.65. The summed E-state index contributed by atoms with van der Waals surface area (Å²) in [4.78, 5) is 27.0. The molecular weight excluding hydrogens is 284 g/mol. The van der Waals surface area contributed by atoms with Gasteiger partial charge in [0.05, 0.1) is 6.20 Å². The molecule has 4 heterocycles. The highest BCUT2D eigenvalue weighted by atomic mass is 16.5. The maximum absolute atomic E-state index is 11.9. The van der Waals surface area contributed by atoms with Crippen LogP contribution in [0.3, 0.4) is 0 Å². The van der Waals surface area contributed by atoms with E-state index in [4.69, 9.17) is 4.52 Å². The quantitative estimate of drug-likeness (QED) is 0.599. The van der Waals surface area contributed by atoms with Gasteiger partial charge in [-0.3, -0.25) is 9.78 Å². The maximum Gasteiger partial charge on any atom is 0.274 e. The first-order chi connectivity index (χ1) is 10.7. The fraction of sp³-hybridized carbons (Fsp3) is 0.0714. The highest BCUT2D eigenvalue weighted by Gasteiger charge is 2.17. The van der Waals surface area contributed by atoms with Crippen molar-refractivity contribution in [2.24, 2.45) is 7.05 Å². The molecule has 4 aromatic heterocycles. The molecule has 108 valence electrons. The van der Waals surface area contributed by atoms with Crippen LogP contribution in [0, 0.1) is 0 Å². The van der Waals surface area contributed by atoms with Crippen LogP contribution < -0.4 is 5.56 Å². The Morgan fingerprint density at radius 2 is 2.23 bits per heavy atom. The average Bonchev–Trinajstić information content (AvgIpc) is 3.14. The summed E-state index contributed by atoms with van der Waals surface area (Å²) in [5.41, 5.74) is 1.57. The number of pyridine rings is 1. The number of hydrogen-bond acceptors (Lipinski definition) is 6. The van der Waals surface area contributed by atoms with Crippen LogP contribution in [-0.4, -0.2) is 29.7 Å². The fourth-order valence-corrected chi connectivity index (χ4v) is 2.36. The normalized spacial score (nSPS) is 11.1. The van der Waals surface area contributed by atoms with Gasteiger partial charge in [-0.1, -0.05) is 5.16 Å². The van der Waals surface area contributed by atoms with Crippen molar-refractivity contribution in [3.05, 3.63) is 47.3 Å². The van der Waals surface area contributed by atoms with E-state index >= 15 is 0 Å². The third-order valence-electron chi connectivity index (χ3n) is 3.39. The molecule has 0 radical (unpaired) electrons. The molecule has 22 heavy (non-hydrogen) atoms. The summed E-state index contributed by atoms with van der Waals surface area (Å²) in [6.45, 7) is 0. The Morgan fingerprint density at radius 1 is 1.32 bits per heavy atom. The Bertz CT molecular complexity index is 1010. The topological polar surface area (TPSA) is 102 Å². The molecule has 0 aromatic carbocycles. The lowest BCUT2D eigenvalue weighted by Crippen LogP contribution is -2.08. The van der Waals surface area contributed by atoms with E-state index in [1.165, 1.54) is 0 Å². The van der Waals surface area contributed by atoms with Crippen LogP contribution in [0.1, 0.15) is 0 Å². The monoisotopic (exact) mass is 294 g/mol. The molecule has 0 saturated heterocycles. The number of fused-ring (bicyclic) bond motifs is 1. The molecule has 4 aromatic rings. The summed E-state index contributed by atoms with van der Waals surface area (Å²) in [5, 5.41) is 4.71. The lowest BCUT2D eigenvalue weighted by Gasteiger charge is -1.97. The molecule has 1 N–H and O–H groups in total. The predicted molar refractivity (Wildman–Crippen MR) is 77.9 cm³/mol. The van der Waals surface area contributed by atoms with E-state index in [1.807, 2.05) is 12.1 Å². The number of aryl methyl sites for hydroxylation is 1. The Balaban J connectivity index is 1.87. The highest BCUT2D eigenvalue weighted by molar-refractivity contribution is 5.84. The van der Waals surface area contributed by atoms with E-state index in [0.29, 0.717) is 28.6 Å². The molecule has 0 aliphatic carbocycles. The van der Waals surface area contributed by atoms with Crippen molar-refractivity contribution in [1.82, 2.24) is 29.7 Å². The first-order valence-corrected chi connectivity index (χ1v) is 6.51. The third kappa shape index (κ3) is 1.81. The first kappa shape index (κ1) is 12.5. The van der Waals surface area contributed by atoms with Crippen LogP contribution in [0.2, 0.25) is 0 Å². The Hall–Kier alpha value is -3.29. The van der Waals surface area contributed by atoms with Gasteiger partial charge in [0.15, 0.2) is 0 Å². The summed E-state index contributed by atoms with van der Waals surface area (Å²) in [6.07, 6.45) is 6.29. The second-order valence-electron chi connectivity index (χ2n) is 4.71. The van der Waals surface area contributed by atoms with E-state index in [-0.39, 0.29) is 5.56 Å². The van der Waals surface area contributed by atoms with Crippen LogP contribution in [0.15, 0.2) is 46.2 Å². The molecule has 8 heteroatoms. The van der Waals surface area contributed by atoms with Crippen LogP contribution in [0.5, 0.6) is 0 Å². The second kappa shape index (κ2) is 4.62. The molecular formula is C14H10N6O2. The van der Waals surface area contributed by atoms with Crippen molar-refractivity contribution in [2.75, 3.05) is 0 Å². The van der Waals surface area contributed by atoms with Crippen LogP contribution in [-0.2, 0) is 7.05 Å². The largest absolute Gasteiger partial charge is 0.335 e. The lowest BCUT2D eigenvalue weighted by atomic mass is 10.3. The molecule has 0 atom stereocenters. The van der Waals surface area contributed by atoms with Gasteiger partial charge in [-0.2, -0.15) is 4.98 Å². The number of rotatable bonds is 2. The minimum atomic E-state index is -0.167. The molecule has 0 aliphatic heterocycles. The van der Waals surface area contributed by atoms with Gasteiger partial charge in [0.1, 0.15) is 16.9 Å². The van der Waals surface area contributed by atoms with Crippen molar-refractivity contribution in [3.63, 3.8) is 0 Å². The van der Waals surface area contributed by atoms with Gasteiger partial charge in [-0.15, -0.1) is 0 Å². The highest BCUT2D eigenvalue weighted by Crippen LogP contribution is 2.25. The standard InChI is InChI=1S/C14H10N6O2/c1-20-10(6-8-2-3-17-13(21)11(8)20)14-18-12(19-22-14)9-7-15-4-5-16-9/h2-7H,1H3,(H,17,21). The smallest absolute Gasteiger partial charge is 0.274 e. The van der Waals surface area contributed by atoms with Gasteiger partial charge in [0.25, 0.3) is 11.4 Å². The molecule has 0 fully saturated rings. The van der Waals surface area contributed by atoms with Crippen LogP contribution >= 0.6 is 0 Å². The maximum atomic E-state index is 11.9. The minimum absolute atomic E-state index is 0.167. The molecule has 8 nitrogen and oxygen atoms in total. The molecule has 4 rings (SSSR count).